The summed E-state index contributed by atoms with van der Waals surface area (Å²) in [5.74, 6) is -0.523. The smallest absolute Gasteiger partial charge is 0.257 e. The van der Waals surface area contributed by atoms with Crippen LogP contribution < -0.4 is 10.6 Å². The number of hydrogen-bond donors (Lipinski definition) is 2. The summed E-state index contributed by atoms with van der Waals surface area (Å²) < 4.78 is 5.47. The Kier molecular flexibility index (Phi) is 6.49. The molecule has 6 nitrogen and oxygen atoms in total. The summed E-state index contributed by atoms with van der Waals surface area (Å²) in [5.41, 5.74) is 2.42. The fourth-order valence-electron chi connectivity index (χ4n) is 2.73. The predicted molar refractivity (Wildman–Crippen MR) is 107 cm³/mol. The second kappa shape index (κ2) is 9.43. The Morgan fingerprint density at radius 1 is 0.964 bits per heavy atom. The Labute approximate surface area is 163 Å². The van der Waals surface area contributed by atoms with E-state index in [0.29, 0.717) is 23.4 Å². The molecule has 28 heavy (non-hydrogen) atoms. The van der Waals surface area contributed by atoms with Gasteiger partial charge in [-0.2, -0.15) is 0 Å². The summed E-state index contributed by atoms with van der Waals surface area (Å²) in [6.07, 6.45) is 2.85. The van der Waals surface area contributed by atoms with Crippen molar-refractivity contribution < 1.29 is 14.3 Å². The minimum absolute atomic E-state index is 0.237. The molecule has 0 fully saturated rings. The summed E-state index contributed by atoms with van der Waals surface area (Å²) in [4.78, 5) is 28.7. The van der Waals surface area contributed by atoms with Gasteiger partial charge in [-0.3, -0.25) is 14.6 Å². The molecular weight excluding hydrogens is 354 g/mol. The van der Waals surface area contributed by atoms with Crippen molar-refractivity contribution in [1.29, 1.82) is 0 Å². The highest BCUT2D eigenvalue weighted by Gasteiger charge is 2.13. The third kappa shape index (κ3) is 5.02. The van der Waals surface area contributed by atoms with Crippen LogP contribution in [0.25, 0.3) is 0 Å². The number of carbonyl (C=O) groups is 2. The molecule has 0 saturated carbocycles. The van der Waals surface area contributed by atoms with Crippen molar-refractivity contribution in [2.24, 2.45) is 0 Å². The van der Waals surface area contributed by atoms with Gasteiger partial charge in [0, 0.05) is 37.3 Å². The van der Waals surface area contributed by atoms with E-state index in [2.05, 4.69) is 15.6 Å². The first-order valence-corrected chi connectivity index (χ1v) is 8.85. The van der Waals surface area contributed by atoms with Crippen molar-refractivity contribution in [3.63, 3.8) is 0 Å². The molecule has 3 rings (SSSR count). The maximum atomic E-state index is 12.5. The molecule has 0 aliphatic heterocycles. The quantitative estimate of drug-likeness (QED) is 0.663. The maximum absolute atomic E-state index is 12.5. The number of ether oxygens (including phenoxy) is 1. The van der Waals surface area contributed by atoms with Crippen LogP contribution in [0.15, 0.2) is 79.1 Å². The summed E-state index contributed by atoms with van der Waals surface area (Å²) >= 11 is 0. The topological polar surface area (TPSA) is 80.3 Å². The van der Waals surface area contributed by atoms with E-state index in [-0.39, 0.29) is 17.9 Å². The molecule has 0 aliphatic carbocycles. The van der Waals surface area contributed by atoms with E-state index in [1.807, 2.05) is 30.3 Å². The van der Waals surface area contributed by atoms with Crippen molar-refractivity contribution in [2.45, 2.75) is 6.10 Å². The molecule has 1 heterocycles. The van der Waals surface area contributed by atoms with Gasteiger partial charge in [-0.15, -0.1) is 0 Å². The Morgan fingerprint density at radius 2 is 1.75 bits per heavy atom. The van der Waals surface area contributed by atoms with Gasteiger partial charge in [0.1, 0.15) is 0 Å². The average Bonchev–Trinajstić information content (AvgIpc) is 2.75. The molecule has 0 aliphatic rings. The first kappa shape index (κ1) is 19.3. The summed E-state index contributed by atoms with van der Waals surface area (Å²) in [5, 5.41) is 5.65. The van der Waals surface area contributed by atoms with Crippen LogP contribution in [0.2, 0.25) is 0 Å². The fourth-order valence-corrected chi connectivity index (χ4v) is 2.73. The van der Waals surface area contributed by atoms with E-state index in [1.165, 1.54) is 6.20 Å². The standard InChI is InChI=1S/C22H21N3O3/c1-28-20(16-7-3-2-4-8-16)15-24-21(26)17-9-5-11-19(13-17)25-22(27)18-10-6-12-23-14-18/h2-14,20H,15H2,1H3,(H,24,26)(H,25,27). The number of nitrogens with one attached hydrogen (secondary N) is 2. The van der Waals surface area contributed by atoms with E-state index in [9.17, 15) is 9.59 Å². The van der Waals surface area contributed by atoms with Gasteiger partial charge in [0.25, 0.3) is 11.8 Å². The van der Waals surface area contributed by atoms with Gasteiger partial charge in [-0.1, -0.05) is 36.4 Å². The average molecular weight is 375 g/mol. The Balaban J connectivity index is 1.63. The number of methoxy groups -OCH3 is 1. The van der Waals surface area contributed by atoms with E-state index in [0.717, 1.165) is 5.56 Å². The summed E-state index contributed by atoms with van der Waals surface area (Å²) in [7, 11) is 1.61. The Bertz CT molecular complexity index is 930. The SMILES string of the molecule is COC(CNC(=O)c1cccc(NC(=O)c2cccnc2)c1)c1ccccc1. The molecule has 1 atom stereocenters. The van der Waals surface area contributed by atoms with Gasteiger partial charge in [0.15, 0.2) is 0 Å². The van der Waals surface area contributed by atoms with E-state index in [4.69, 9.17) is 4.74 Å². The number of anilines is 1. The number of hydrogen-bond acceptors (Lipinski definition) is 4. The van der Waals surface area contributed by atoms with Crippen LogP contribution in [-0.4, -0.2) is 30.5 Å². The molecule has 0 bridgehead atoms. The van der Waals surface area contributed by atoms with Crippen molar-refractivity contribution in [3.05, 3.63) is 95.8 Å². The van der Waals surface area contributed by atoms with Crippen molar-refractivity contribution in [3.8, 4) is 0 Å². The highest BCUT2D eigenvalue weighted by Crippen LogP contribution is 2.16. The van der Waals surface area contributed by atoms with Gasteiger partial charge < -0.3 is 15.4 Å². The fraction of sp³-hybridized carbons (Fsp3) is 0.136. The Morgan fingerprint density at radius 3 is 2.46 bits per heavy atom. The minimum atomic E-state index is -0.283. The largest absolute Gasteiger partial charge is 0.375 e. The van der Waals surface area contributed by atoms with Gasteiger partial charge >= 0.3 is 0 Å². The second-order valence-electron chi connectivity index (χ2n) is 6.12. The zero-order chi connectivity index (χ0) is 19.8. The number of carbonyl (C=O) groups excluding carboxylic acids is 2. The number of benzene rings is 2. The first-order chi connectivity index (χ1) is 13.7. The molecule has 6 heteroatoms. The molecule has 0 radical (unpaired) electrons. The van der Waals surface area contributed by atoms with Crippen molar-refractivity contribution in [1.82, 2.24) is 10.3 Å². The van der Waals surface area contributed by atoms with E-state index >= 15 is 0 Å². The summed E-state index contributed by atoms with van der Waals surface area (Å²) in [6, 6.07) is 19.8. The summed E-state index contributed by atoms with van der Waals surface area (Å²) in [6.45, 7) is 0.339. The van der Waals surface area contributed by atoms with Crippen LogP contribution >= 0.6 is 0 Å². The van der Waals surface area contributed by atoms with Gasteiger partial charge in [0.2, 0.25) is 0 Å². The molecule has 142 valence electrons. The maximum Gasteiger partial charge on any atom is 0.257 e. The molecular formula is C22H21N3O3. The van der Waals surface area contributed by atoms with Crippen LogP contribution in [0.5, 0.6) is 0 Å². The lowest BCUT2D eigenvalue weighted by atomic mass is 10.1. The number of pyridine rings is 1. The lowest BCUT2D eigenvalue weighted by Gasteiger charge is -2.16. The second-order valence-corrected chi connectivity index (χ2v) is 6.12. The number of rotatable bonds is 7. The molecule has 3 aromatic rings. The zero-order valence-corrected chi connectivity index (χ0v) is 15.5. The zero-order valence-electron chi connectivity index (χ0n) is 15.5. The monoisotopic (exact) mass is 375 g/mol. The molecule has 0 saturated heterocycles. The number of amides is 2. The normalized spacial score (nSPS) is 11.5. The van der Waals surface area contributed by atoms with Crippen LogP contribution in [0.1, 0.15) is 32.4 Å². The lowest BCUT2D eigenvalue weighted by Crippen LogP contribution is -2.29. The van der Waals surface area contributed by atoms with Crippen LogP contribution in [0, 0.1) is 0 Å². The van der Waals surface area contributed by atoms with Gasteiger partial charge in [0.05, 0.1) is 11.7 Å². The molecule has 2 aromatic carbocycles. The van der Waals surface area contributed by atoms with Crippen LogP contribution in [-0.2, 0) is 4.74 Å². The Hall–Kier alpha value is -3.51. The van der Waals surface area contributed by atoms with Gasteiger partial charge in [-0.05, 0) is 35.9 Å². The van der Waals surface area contributed by atoms with Crippen LogP contribution in [0.3, 0.4) is 0 Å². The molecule has 1 unspecified atom stereocenters. The molecule has 0 spiro atoms. The van der Waals surface area contributed by atoms with E-state index < -0.39 is 0 Å². The van der Waals surface area contributed by atoms with E-state index in [1.54, 1.807) is 49.7 Å². The molecule has 1 aromatic heterocycles. The molecule has 2 N–H and O–H groups in total. The number of aromatic nitrogens is 1. The molecule has 2 amide bonds. The predicted octanol–water partition coefficient (Wildman–Crippen LogP) is 3.45. The highest BCUT2D eigenvalue weighted by molar-refractivity contribution is 6.04. The van der Waals surface area contributed by atoms with Crippen molar-refractivity contribution in [2.75, 3.05) is 19.0 Å². The lowest BCUT2D eigenvalue weighted by molar-refractivity contribution is 0.0827. The third-order valence-corrected chi connectivity index (χ3v) is 4.21. The van der Waals surface area contributed by atoms with Crippen molar-refractivity contribution >= 4 is 17.5 Å². The third-order valence-electron chi connectivity index (χ3n) is 4.21. The van der Waals surface area contributed by atoms with Gasteiger partial charge in [-0.25, -0.2) is 0 Å². The first-order valence-electron chi connectivity index (χ1n) is 8.85. The highest BCUT2D eigenvalue weighted by atomic mass is 16.5. The minimum Gasteiger partial charge on any atom is -0.375 e. The van der Waals surface area contributed by atoms with Crippen LogP contribution in [0.4, 0.5) is 5.69 Å². The number of nitrogens with zero attached hydrogens (tertiary/aromatic N) is 1.